The average molecular weight is 533 g/mol. The summed E-state index contributed by atoms with van der Waals surface area (Å²) in [5.41, 5.74) is -0.203. The Morgan fingerprint density at radius 3 is 2.47 bits per heavy atom. The zero-order valence-corrected chi connectivity index (χ0v) is 22.9. The zero-order chi connectivity index (χ0) is 26.5. The lowest BCUT2D eigenvalue weighted by Gasteiger charge is -2.63. The van der Waals surface area contributed by atoms with E-state index in [2.05, 4.69) is 25.3 Å². The number of hydrogen-bond acceptors (Lipinski definition) is 7. The zero-order valence-electron chi connectivity index (χ0n) is 22.0. The normalized spacial score (nSPS) is 45.3. The van der Waals surface area contributed by atoms with Gasteiger partial charge >= 0.3 is 13.8 Å². The van der Waals surface area contributed by atoms with Gasteiger partial charge in [0, 0.05) is 13.5 Å². The molecule has 9 nitrogen and oxygen atoms in total. The molecule has 0 aromatic carbocycles. The van der Waals surface area contributed by atoms with Gasteiger partial charge in [-0.2, -0.15) is 0 Å². The van der Waals surface area contributed by atoms with Gasteiger partial charge < -0.3 is 29.5 Å². The number of carbonyl (C=O) groups excluding carboxylic acids is 1. The first-order chi connectivity index (χ1) is 16.8. The van der Waals surface area contributed by atoms with Crippen LogP contribution in [0.2, 0.25) is 0 Å². The van der Waals surface area contributed by atoms with Crippen LogP contribution in [0.25, 0.3) is 0 Å². The van der Waals surface area contributed by atoms with Crippen LogP contribution in [-0.2, 0) is 23.4 Å². The van der Waals surface area contributed by atoms with E-state index in [0.717, 1.165) is 38.5 Å². The van der Waals surface area contributed by atoms with Gasteiger partial charge in [0.15, 0.2) is 0 Å². The van der Waals surface area contributed by atoms with Crippen molar-refractivity contribution in [2.24, 2.45) is 46.3 Å². The van der Waals surface area contributed by atoms with E-state index in [9.17, 15) is 19.6 Å². The van der Waals surface area contributed by atoms with E-state index in [-0.39, 0.29) is 53.1 Å². The quantitative estimate of drug-likeness (QED) is 0.209. The van der Waals surface area contributed by atoms with Crippen molar-refractivity contribution in [1.29, 1.82) is 0 Å². The number of hydrogen-bond donors (Lipinski definition) is 4. The third-order valence-electron chi connectivity index (χ3n) is 11.1. The van der Waals surface area contributed by atoms with Gasteiger partial charge in [-0.25, -0.2) is 9.09 Å². The van der Waals surface area contributed by atoms with Gasteiger partial charge in [0.2, 0.25) is 6.79 Å². The number of carbonyl (C=O) groups is 1. The van der Waals surface area contributed by atoms with Crippen molar-refractivity contribution < 1.29 is 43.4 Å². The van der Waals surface area contributed by atoms with Crippen LogP contribution >= 0.6 is 7.82 Å². The van der Waals surface area contributed by atoms with Gasteiger partial charge in [-0.05, 0) is 97.7 Å². The maximum absolute atomic E-state index is 12.1. The maximum atomic E-state index is 12.1. The third-order valence-corrected chi connectivity index (χ3v) is 11.5. The summed E-state index contributed by atoms with van der Waals surface area (Å²) >= 11 is 0. The summed E-state index contributed by atoms with van der Waals surface area (Å²) in [5, 5.41) is 23.1. The van der Waals surface area contributed by atoms with Crippen LogP contribution < -0.4 is 0 Å². The summed E-state index contributed by atoms with van der Waals surface area (Å²) < 4.78 is 25.4. The van der Waals surface area contributed by atoms with Gasteiger partial charge in [0.25, 0.3) is 0 Å². The Kier molecular flexibility index (Phi) is 8.35. The molecule has 4 saturated carbocycles. The highest BCUT2D eigenvalue weighted by molar-refractivity contribution is 7.46. The monoisotopic (exact) mass is 532 g/mol. The minimum Gasteiger partial charge on any atom is -0.438 e. The van der Waals surface area contributed by atoms with E-state index in [0.29, 0.717) is 24.7 Å². The van der Waals surface area contributed by atoms with Gasteiger partial charge in [-0.15, -0.1) is 0 Å². The molecule has 4 rings (SSSR count). The first-order valence-electron chi connectivity index (χ1n) is 13.6. The lowest BCUT2D eigenvalue weighted by atomic mass is 9.43. The predicted octanol–water partition coefficient (Wildman–Crippen LogP) is 3.63. The Balaban J connectivity index is 1.43. The largest absolute Gasteiger partial charge is 0.472 e. The minimum absolute atomic E-state index is 0.115. The Labute approximate surface area is 214 Å². The molecular formula is C26H45O9P. The topological polar surface area (TPSA) is 143 Å². The van der Waals surface area contributed by atoms with Crippen LogP contribution in [0.5, 0.6) is 0 Å². The summed E-state index contributed by atoms with van der Waals surface area (Å²) in [4.78, 5) is 29.5. The van der Waals surface area contributed by atoms with Crippen molar-refractivity contribution >= 4 is 13.8 Å². The van der Waals surface area contributed by atoms with E-state index >= 15 is 0 Å². The van der Waals surface area contributed by atoms with Crippen LogP contribution in [0, 0.1) is 46.3 Å². The molecule has 10 heteroatoms. The van der Waals surface area contributed by atoms with Crippen molar-refractivity contribution in [3.8, 4) is 0 Å². The molecule has 0 heterocycles. The third kappa shape index (κ3) is 5.18. The lowest BCUT2D eigenvalue weighted by molar-refractivity contribution is -0.208. The SMILES string of the molecule is COC1CCC2(C)C(C1)CC(O)C1C2CC(O)C2(C)C(C(C)CCC(=O)OCOP(=O)(O)O)CCC12. The second kappa shape index (κ2) is 10.6. The molecule has 0 radical (unpaired) electrons. The highest BCUT2D eigenvalue weighted by Gasteiger charge is 2.65. The molecule has 0 aliphatic heterocycles. The average Bonchev–Trinajstić information content (AvgIpc) is 3.16. The molecule has 0 spiro atoms. The molecule has 0 amide bonds. The summed E-state index contributed by atoms with van der Waals surface area (Å²) in [6, 6.07) is 0. The number of phosphoric acid groups is 1. The molecule has 36 heavy (non-hydrogen) atoms. The lowest BCUT2D eigenvalue weighted by Crippen LogP contribution is -2.62. The van der Waals surface area contributed by atoms with Crippen molar-refractivity contribution in [2.75, 3.05) is 13.9 Å². The molecule has 0 aromatic rings. The summed E-state index contributed by atoms with van der Waals surface area (Å²) in [7, 11) is -2.90. The Morgan fingerprint density at radius 2 is 1.81 bits per heavy atom. The fraction of sp³-hybridized carbons (Fsp3) is 0.962. The molecule has 0 saturated heterocycles. The van der Waals surface area contributed by atoms with E-state index in [1.165, 1.54) is 0 Å². The number of esters is 1. The van der Waals surface area contributed by atoms with E-state index in [1.807, 2.05) is 0 Å². The summed E-state index contributed by atoms with van der Waals surface area (Å²) in [6.45, 7) is 5.92. The van der Waals surface area contributed by atoms with Crippen LogP contribution in [0.1, 0.15) is 78.6 Å². The van der Waals surface area contributed by atoms with Crippen molar-refractivity contribution in [2.45, 2.75) is 96.9 Å². The van der Waals surface area contributed by atoms with Crippen molar-refractivity contribution in [3.63, 3.8) is 0 Å². The molecule has 208 valence electrons. The maximum Gasteiger partial charge on any atom is 0.472 e. The molecule has 4 N–H and O–H groups in total. The van der Waals surface area contributed by atoms with E-state index in [1.54, 1.807) is 7.11 Å². The second-order valence-electron chi connectivity index (χ2n) is 12.5. The van der Waals surface area contributed by atoms with E-state index < -0.39 is 26.7 Å². The van der Waals surface area contributed by atoms with Gasteiger partial charge in [0.1, 0.15) is 0 Å². The molecule has 0 aromatic heterocycles. The minimum atomic E-state index is -4.68. The smallest absolute Gasteiger partial charge is 0.438 e. The standard InChI is InChI=1S/C26H45O9P/c1-15(5-8-23(29)34-14-35-36(30,31)32)18-6-7-19-24-20(13-22(28)26(18,19)3)25(2)10-9-17(33-4)11-16(25)12-21(24)27/h15-22,24,27-28H,5-14H2,1-4H3,(H2,30,31,32). The van der Waals surface area contributed by atoms with Gasteiger partial charge in [-0.1, -0.05) is 20.8 Å². The number of ether oxygens (including phenoxy) is 2. The summed E-state index contributed by atoms with van der Waals surface area (Å²) in [6.07, 6.45) is 6.68. The van der Waals surface area contributed by atoms with Crippen LogP contribution in [0.3, 0.4) is 0 Å². The number of aliphatic hydroxyl groups excluding tert-OH is 2. The first kappa shape index (κ1) is 28.5. The number of phosphoric ester groups is 1. The first-order valence-corrected chi connectivity index (χ1v) is 15.1. The van der Waals surface area contributed by atoms with E-state index in [4.69, 9.17) is 19.3 Å². The Morgan fingerprint density at radius 1 is 1.08 bits per heavy atom. The molecule has 11 atom stereocenters. The van der Waals surface area contributed by atoms with Crippen LogP contribution in [-0.4, -0.2) is 58.2 Å². The number of rotatable bonds is 8. The fourth-order valence-electron chi connectivity index (χ4n) is 9.11. The summed E-state index contributed by atoms with van der Waals surface area (Å²) in [5.74, 6) is 0.964. The molecule has 4 aliphatic rings. The highest BCUT2D eigenvalue weighted by Crippen LogP contribution is 2.68. The van der Waals surface area contributed by atoms with Crippen LogP contribution in [0.15, 0.2) is 0 Å². The number of methoxy groups -OCH3 is 1. The molecule has 11 unspecified atom stereocenters. The fourth-order valence-corrected chi connectivity index (χ4v) is 9.30. The molecule has 4 aliphatic carbocycles. The Bertz CT molecular complexity index is 847. The number of aliphatic hydroxyl groups is 2. The highest BCUT2D eigenvalue weighted by atomic mass is 31.2. The van der Waals surface area contributed by atoms with Gasteiger partial charge in [-0.3, -0.25) is 4.79 Å². The van der Waals surface area contributed by atoms with Gasteiger partial charge in [0.05, 0.1) is 18.3 Å². The molecular weight excluding hydrogens is 487 g/mol. The molecule has 4 fully saturated rings. The van der Waals surface area contributed by atoms with Crippen molar-refractivity contribution in [3.05, 3.63) is 0 Å². The molecule has 0 bridgehead atoms. The van der Waals surface area contributed by atoms with Crippen LogP contribution in [0.4, 0.5) is 0 Å². The number of fused-ring (bicyclic) bond motifs is 5. The predicted molar refractivity (Wildman–Crippen MR) is 131 cm³/mol. The Hall–Kier alpha value is -0.540. The second-order valence-corrected chi connectivity index (χ2v) is 13.7. The van der Waals surface area contributed by atoms with Crippen molar-refractivity contribution in [1.82, 2.24) is 0 Å².